The number of hydrogen-bond acceptors (Lipinski definition) is 0. The Balaban J connectivity index is 0.000000860. The van der Waals surface area contributed by atoms with E-state index in [9.17, 15) is 0 Å². The SMILES string of the molecule is [Cl-].[Cl][Rh+][Cl].c1ccc(P(CCP(c2ccccc2)c2ccccc2)c2ccccc2)cc1. The molecule has 0 saturated heterocycles. The molecule has 0 fully saturated rings. The van der Waals surface area contributed by atoms with E-state index in [1.807, 2.05) is 0 Å². The van der Waals surface area contributed by atoms with E-state index >= 15 is 0 Å². The molecule has 0 atom stereocenters. The Labute approximate surface area is 216 Å². The molecule has 0 aliphatic carbocycles. The predicted octanol–water partition coefficient (Wildman–Crippen LogP) is 3.63. The van der Waals surface area contributed by atoms with Gasteiger partial charge < -0.3 is 12.4 Å². The Bertz CT molecular complexity index is 828. The van der Waals surface area contributed by atoms with Crippen LogP contribution in [0.1, 0.15) is 0 Å². The fourth-order valence-corrected chi connectivity index (χ4v) is 8.80. The zero-order valence-corrected chi connectivity index (χ0v) is 23.0. The molecule has 0 unspecified atom stereocenters. The van der Waals surface area contributed by atoms with Crippen LogP contribution < -0.4 is 33.6 Å². The maximum absolute atomic E-state index is 4.83. The van der Waals surface area contributed by atoms with Gasteiger partial charge in [-0.2, -0.15) is 0 Å². The van der Waals surface area contributed by atoms with Crippen molar-refractivity contribution in [1.82, 2.24) is 0 Å². The number of benzene rings is 4. The van der Waals surface area contributed by atoms with Gasteiger partial charge in [0.05, 0.1) is 0 Å². The van der Waals surface area contributed by atoms with Crippen molar-refractivity contribution in [3.63, 3.8) is 0 Å². The summed E-state index contributed by atoms with van der Waals surface area (Å²) < 4.78 is 0. The third-order valence-corrected chi connectivity index (χ3v) is 10.2. The Morgan fingerprint density at radius 3 is 0.812 bits per heavy atom. The fourth-order valence-electron chi connectivity index (χ4n) is 3.45. The van der Waals surface area contributed by atoms with Gasteiger partial charge >= 0.3 is 34.5 Å². The van der Waals surface area contributed by atoms with Gasteiger partial charge in [0.15, 0.2) is 0 Å². The minimum Gasteiger partial charge on any atom is -0.0622 e. The molecule has 4 rings (SSSR count). The van der Waals surface area contributed by atoms with E-state index < -0.39 is 0 Å². The second kappa shape index (κ2) is 16.0. The summed E-state index contributed by atoms with van der Waals surface area (Å²) in [7, 11) is 8.97. The van der Waals surface area contributed by atoms with Crippen molar-refractivity contribution in [3.8, 4) is 0 Å². The van der Waals surface area contributed by atoms with E-state index in [2.05, 4.69) is 121 Å². The Kier molecular flexibility index (Phi) is 13.7. The average Bonchev–Trinajstić information content (AvgIpc) is 2.85. The van der Waals surface area contributed by atoms with Crippen LogP contribution >= 0.6 is 35.2 Å². The Hall–Kier alpha value is -0.767. The maximum Gasteiger partial charge on any atom is -0.0195 e. The molecule has 4 aromatic carbocycles. The molecule has 0 spiro atoms. The zero-order chi connectivity index (χ0) is 21.7. The molecular formula is C26H24Cl3P2Rh. The third-order valence-electron chi connectivity index (χ3n) is 4.82. The van der Waals surface area contributed by atoms with Crippen LogP contribution in [0.5, 0.6) is 0 Å². The molecular weight excluding hydrogens is 583 g/mol. The molecule has 0 aliphatic rings. The minimum absolute atomic E-state index is 0. The Morgan fingerprint density at radius 2 is 0.625 bits per heavy atom. The molecule has 0 N–H and O–H groups in total. The van der Waals surface area contributed by atoms with Crippen LogP contribution in [0, 0.1) is 0 Å². The molecule has 0 aliphatic heterocycles. The summed E-state index contributed by atoms with van der Waals surface area (Å²) in [6, 6.07) is 44.2. The van der Waals surface area contributed by atoms with Crippen molar-refractivity contribution in [2.45, 2.75) is 0 Å². The summed E-state index contributed by atoms with van der Waals surface area (Å²) in [6.07, 6.45) is 2.41. The van der Waals surface area contributed by atoms with E-state index in [4.69, 9.17) is 19.4 Å². The number of rotatable bonds is 7. The van der Waals surface area contributed by atoms with Crippen LogP contribution in [0.25, 0.3) is 0 Å². The number of hydrogen-bond donors (Lipinski definition) is 0. The summed E-state index contributed by atoms with van der Waals surface area (Å²) in [4.78, 5) is 0. The predicted molar refractivity (Wildman–Crippen MR) is 140 cm³/mol. The summed E-state index contributed by atoms with van der Waals surface area (Å²) in [5.74, 6) is 0. The monoisotopic (exact) mass is 606 g/mol. The van der Waals surface area contributed by atoms with Gasteiger partial charge in [-0.15, -0.1) is 0 Å². The van der Waals surface area contributed by atoms with Crippen LogP contribution in [-0.4, -0.2) is 12.3 Å². The standard InChI is InChI=1S/C26H24P2.3ClH.Rh/c1-5-13-23(14-6-1)27(24-15-7-2-8-16-24)21-22-28(25-17-9-3-10-18-25)26-19-11-4-12-20-26;;;;/h1-20H,21-22H2;3*1H;/q;;;;+3/p-3. The van der Waals surface area contributed by atoms with Gasteiger partial charge in [0.25, 0.3) is 0 Å². The van der Waals surface area contributed by atoms with E-state index in [0.717, 1.165) is 0 Å². The first-order valence-corrected chi connectivity index (χ1v) is 17.2. The smallest absolute Gasteiger partial charge is 0.0195 e. The maximum atomic E-state index is 4.83. The third kappa shape index (κ3) is 8.54. The van der Waals surface area contributed by atoms with Crippen LogP contribution in [0.2, 0.25) is 0 Å². The molecule has 0 nitrogen and oxygen atoms in total. The van der Waals surface area contributed by atoms with Crippen LogP contribution in [0.15, 0.2) is 121 Å². The van der Waals surface area contributed by atoms with Crippen LogP contribution in [-0.2, 0) is 15.1 Å². The molecule has 32 heavy (non-hydrogen) atoms. The van der Waals surface area contributed by atoms with Crippen molar-refractivity contribution >= 4 is 56.4 Å². The minimum atomic E-state index is -0.348. The molecule has 0 aromatic heterocycles. The van der Waals surface area contributed by atoms with Crippen LogP contribution in [0.4, 0.5) is 0 Å². The van der Waals surface area contributed by atoms with Crippen molar-refractivity contribution in [3.05, 3.63) is 121 Å². The van der Waals surface area contributed by atoms with Crippen molar-refractivity contribution < 1.29 is 27.6 Å². The molecule has 0 amide bonds. The summed E-state index contributed by atoms with van der Waals surface area (Å²) >= 11 is -0.226. The first-order valence-electron chi connectivity index (χ1n) is 9.92. The molecule has 168 valence electrons. The Morgan fingerprint density at radius 1 is 0.438 bits per heavy atom. The van der Waals surface area contributed by atoms with Gasteiger partial charge in [-0.3, -0.25) is 0 Å². The van der Waals surface area contributed by atoms with Crippen molar-refractivity contribution in [2.24, 2.45) is 0 Å². The first-order chi connectivity index (χ1) is 15.3. The normalized spacial score (nSPS) is 10.4. The quantitative estimate of drug-likeness (QED) is 0.223. The second-order valence-corrected chi connectivity index (χ2v) is 13.9. The molecule has 6 heteroatoms. The van der Waals surface area contributed by atoms with E-state index in [-0.39, 0.29) is 43.4 Å². The summed E-state index contributed by atoms with van der Waals surface area (Å²) in [5.41, 5.74) is 0. The first kappa shape index (κ1) is 27.5. The van der Waals surface area contributed by atoms with Crippen molar-refractivity contribution in [2.75, 3.05) is 12.3 Å². The molecule has 0 heterocycles. The number of halogens is 3. The van der Waals surface area contributed by atoms with Gasteiger partial charge in [0.2, 0.25) is 0 Å². The molecule has 0 saturated carbocycles. The molecule has 0 bridgehead atoms. The van der Waals surface area contributed by atoms with Crippen molar-refractivity contribution in [1.29, 1.82) is 0 Å². The fraction of sp³-hybridized carbons (Fsp3) is 0.0769. The van der Waals surface area contributed by atoms with Gasteiger partial charge in [0.1, 0.15) is 0 Å². The largest absolute Gasteiger partial charge is 0.0622 e. The van der Waals surface area contributed by atoms with Gasteiger partial charge in [0, 0.05) is 0 Å². The summed E-state index contributed by atoms with van der Waals surface area (Å²) in [5, 5.41) is 5.89. The molecule has 4 aromatic rings. The van der Waals surface area contributed by atoms with Crippen LogP contribution in [0.3, 0.4) is 0 Å². The topological polar surface area (TPSA) is 0 Å². The zero-order valence-electron chi connectivity index (χ0n) is 17.3. The van der Waals surface area contributed by atoms with Gasteiger partial charge in [-0.25, -0.2) is 0 Å². The van der Waals surface area contributed by atoms with E-state index in [0.29, 0.717) is 0 Å². The molecule has 0 radical (unpaired) electrons. The average molecular weight is 608 g/mol. The van der Waals surface area contributed by atoms with Gasteiger partial charge in [-0.05, 0) is 49.4 Å². The summed E-state index contributed by atoms with van der Waals surface area (Å²) in [6.45, 7) is 0. The second-order valence-electron chi connectivity index (χ2n) is 6.69. The van der Waals surface area contributed by atoms with E-state index in [1.165, 1.54) is 33.5 Å². The van der Waals surface area contributed by atoms with Gasteiger partial charge in [-0.1, -0.05) is 121 Å². The van der Waals surface area contributed by atoms with E-state index in [1.54, 1.807) is 0 Å².